The minimum absolute atomic E-state index is 0.366. The van der Waals surface area contributed by atoms with E-state index in [4.69, 9.17) is 9.05 Å². The van der Waals surface area contributed by atoms with Crippen LogP contribution in [0.1, 0.15) is 12.8 Å². The summed E-state index contributed by atoms with van der Waals surface area (Å²) in [6, 6.07) is 33.8. The molecular weight excluding hydrogens is 494 g/mol. The van der Waals surface area contributed by atoms with E-state index in [9.17, 15) is 18.7 Å². The van der Waals surface area contributed by atoms with Crippen LogP contribution < -0.4 is 21.2 Å². The van der Waals surface area contributed by atoms with Crippen LogP contribution in [0.4, 0.5) is 0 Å². The van der Waals surface area contributed by atoms with Crippen molar-refractivity contribution in [2.45, 2.75) is 12.8 Å². The lowest BCUT2D eigenvalue weighted by atomic mass is 10.3. The highest BCUT2D eigenvalue weighted by atomic mass is 31.2. The molecule has 0 saturated carbocycles. The molecule has 0 fully saturated rings. The third-order valence-electron chi connectivity index (χ3n) is 5.38. The summed E-state index contributed by atoms with van der Waals surface area (Å²) in [5, 5.41) is 1.46. The lowest BCUT2D eigenvalue weighted by Crippen LogP contribution is -2.22. The summed E-state index contributed by atoms with van der Waals surface area (Å²) in [5.74, 6) is -1.64. The van der Waals surface area contributed by atoms with Crippen molar-refractivity contribution in [3.8, 4) is 0 Å². The normalized spacial score (nSPS) is 11.4. The first-order valence-electron chi connectivity index (χ1n) is 11.3. The Labute approximate surface area is 209 Å². The van der Waals surface area contributed by atoms with Gasteiger partial charge in [-0.1, -0.05) is 72.8 Å². The summed E-state index contributed by atoms with van der Waals surface area (Å²) in [6.45, 7) is 0. The van der Waals surface area contributed by atoms with Crippen molar-refractivity contribution in [2.24, 2.45) is 0 Å². The predicted molar refractivity (Wildman–Crippen MR) is 141 cm³/mol. The molecule has 0 N–H and O–H groups in total. The number of hydrogen-bond acceptors (Lipinski definition) is 6. The van der Waals surface area contributed by atoms with E-state index in [0.717, 1.165) is 0 Å². The second kappa shape index (κ2) is 11.3. The molecule has 0 aliphatic carbocycles. The maximum absolute atomic E-state index is 13.9. The van der Waals surface area contributed by atoms with E-state index in [1.54, 1.807) is 121 Å². The van der Waals surface area contributed by atoms with Gasteiger partial charge in [-0.2, -0.15) is 0 Å². The fourth-order valence-corrected chi connectivity index (χ4v) is 7.62. The second-order valence-electron chi connectivity index (χ2n) is 7.87. The first-order chi connectivity index (χ1) is 17.4. The Morgan fingerprint density at radius 1 is 0.444 bits per heavy atom. The minimum Gasteiger partial charge on any atom is -0.405 e. The van der Waals surface area contributed by atoms with Gasteiger partial charge in [0.2, 0.25) is 0 Å². The molecule has 0 aliphatic heterocycles. The second-order valence-corrected chi connectivity index (χ2v) is 12.5. The van der Waals surface area contributed by atoms with Crippen molar-refractivity contribution in [1.29, 1.82) is 0 Å². The van der Waals surface area contributed by atoms with Crippen LogP contribution in [0.15, 0.2) is 121 Å². The first kappa shape index (κ1) is 25.4. The van der Waals surface area contributed by atoms with Gasteiger partial charge in [-0.15, -0.1) is 0 Å². The highest BCUT2D eigenvalue weighted by Gasteiger charge is 2.34. The molecule has 4 aromatic rings. The molecule has 0 aromatic heterocycles. The van der Waals surface area contributed by atoms with Crippen molar-refractivity contribution >= 4 is 47.9 Å². The van der Waals surface area contributed by atoms with Crippen LogP contribution in [-0.2, 0) is 27.8 Å². The maximum atomic E-state index is 13.9. The standard InChI is InChI=1S/C28H24O6P2/c29-27(33-35(31,23-13-5-1-6-14-23)24-15-7-2-8-16-24)21-22-28(30)34-36(32,25-17-9-3-10-18-25)26-19-11-4-12-20-26/h1-20H,21-22H2. The quantitative estimate of drug-likeness (QED) is 0.298. The van der Waals surface area contributed by atoms with Gasteiger partial charge in [0.1, 0.15) is 0 Å². The molecule has 8 heteroatoms. The van der Waals surface area contributed by atoms with E-state index >= 15 is 0 Å². The molecule has 6 nitrogen and oxygen atoms in total. The predicted octanol–water partition coefficient (Wildman–Crippen LogP) is 4.71. The molecular formula is C28H24O6P2. The minimum atomic E-state index is -3.73. The number of carbonyl (C=O) groups is 2. The molecule has 0 heterocycles. The molecule has 0 bridgehead atoms. The summed E-state index contributed by atoms with van der Waals surface area (Å²) in [4.78, 5) is 25.5. The topological polar surface area (TPSA) is 86.7 Å². The average Bonchev–Trinajstić information content (AvgIpc) is 2.94. The van der Waals surface area contributed by atoms with Gasteiger partial charge in [0.05, 0.1) is 34.1 Å². The number of carbonyl (C=O) groups excluding carboxylic acids is 2. The molecule has 0 amide bonds. The zero-order chi connectivity index (χ0) is 25.4. The molecule has 0 radical (unpaired) electrons. The number of benzene rings is 4. The Kier molecular flexibility index (Phi) is 8.00. The Bertz CT molecular complexity index is 1210. The summed E-state index contributed by atoms with van der Waals surface area (Å²) in [7, 11) is -7.47. The van der Waals surface area contributed by atoms with Crippen LogP contribution >= 0.6 is 14.7 Å². The molecule has 0 aliphatic rings. The van der Waals surface area contributed by atoms with E-state index in [-0.39, 0.29) is 12.8 Å². The van der Waals surface area contributed by atoms with Gasteiger partial charge in [0.15, 0.2) is 0 Å². The van der Waals surface area contributed by atoms with Crippen LogP contribution in [0, 0.1) is 0 Å². The molecule has 182 valence electrons. The number of hydrogen-bond donors (Lipinski definition) is 0. The van der Waals surface area contributed by atoms with Crippen molar-refractivity contribution in [2.75, 3.05) is 0 Å². The van der Waals surface area contributed by atoms with E-state index < -0.39 is 26.7 Å². The smallest absolute Gasteiger partial charge is 0.311 e. The SMILES string of the molecule is O=C(CCC(=O)OP(=O)(c1ccccc1)c1ccccc1)OP(=O)(c1ccccc1)c1ccccc1. The first-order valence-corrected chi connectivity index (χ1v) is 14.5. The van der Waals surface area contributed by atoms with Crippen LogP contribution in [0.25, 0.3) is 0 Å². The van der Waals surface area contributed by atoms with E-state index in [1.807, 2.05) is 0 Å². The summed E-state index contributed by atoms with van der Waals surface area (Å²) < 4.78 is 38.7. The third-order valence-corrected chi connectivity index (χ3v) is 10.2. The highest BCUT2D eigenvalue weighted by Crippen LogP contribution is 2.46. The van der Waals surface area contributed by atoms with Gasteiger partial charge in [-0.3, -0.25) is 18.7 Å². The van der Waals surface area contributed by atoms with Crippen molar-refractivity contribution in [3.63, 3.8) is 0 Å². The Balaban J connectivity index is 1.49. The van der Waals surface area contributed by atoms with Crippen molar-refractivity contribution in [3.05, 3.63) is 121 Å². The van der Waals surface area contributed by atoms with Gasteiger partial charge in [-0.05, 0) is 48.5 Å². The maximum Gasteiger partial charge on any atom is 0.311 e. The fraction of sp³-hybridized carbons (Fsp3) is 0.0714. The molecule has 4 aromatic carbocycles. The lowest BCUT2D eigenvalue weighted by molar-refractivity contribution is -0.140. The van der Waals surface area contributed by atoms with Crippen LogP contribution in [-0.4, -0.2) is 11.9 Å². The van der Waals surface area contributed by atoms with E-state index in [1.165, 1.54) is 0 Å². The fourth-order valence-electron chi connectivity index (χ4n) is 3.59. The number of rotatable bonds is 9. The van der Waals surface area contributed by atoms with Crippen molar-refractivity contribution < 1.29 is 27.8 Å². The Hall–Kier alpha value is -3.72. The Morgan fingerprint density at radius 3 is 0.889 bits per heavy atom. The van der Waals surface area contributed by atoms with Gasteiger partial charge < -0.3 is 9.05 Å². The summed E-state index contributed by atoms with van der Waals surface area (Å²) in [5.41, 5.74) is 0. The zero-order valence-electron chi connectivity index (χ0n) is 19.3. The van der Waals surface area contributed by atoms with E-state index in [2.05, 4.69) is 0 Å². The van der Waals surface area contributed by atoms with Crippen LogP contribution in [0.3, 0.4) is 0 Å². The molecule has 4 rings (SSSR count). The van der Waals surface area contributed by atoms with Gasteiger partial charge in [-0.25, -0.2) is 0 Å². The van der Waals surface area contributed by atoms with Gasteiger partial charge >= 0.3 is 26.7 Å². The molecule has 36 heavy (non-hydrogen) atoms. The molecule has 0 atom stereocenters. The van der Waals surface area contributed by atoms with Gasteiger partial charge in [0.25, 0.3) is 0 Å². The average molecular weight is 518 g/mol. The van der Waals surface area contributed by atoms with Crippen LogP contribution in [0.5, 0.6) is 0 Å². The Morgan fingerprint density at radius 2 is 0.667 bits per heavy atom. The monoisotopic (exact) mass is 518 g/mol. The molecule has 0 spiro atoms. The largest absolute Gasteiger partial charge is 0.405 e. The van der Waals surface area contributed by atoms with Crippen molar-refractivity contribution in [1.82, 2.24) is 0 Å². The summed E-state index contributed by atoms with van der Waals surface area (Å²) in [6.07, 6.45) is -0.766. The zero-order valence-corrected chi connectivity index (χ0v) is 21.1. The third kappa shape index (κ3) is 5.73. The lowest BCUT2D eigenvalue weighted by Gasteiger charge is -2.20. The van der Waals surface area contributed by atoms with Crippen LogP contribution in [0.2, 0.25) is 0 Å². The van der Waals surface area contributed by atoms with E-state index in [0.29, 0.717) is 21.2 Å². The molecule has 0 unspecified atom stereocenters. The van der Waals surface area contributed by atoms with Gasteiger partial charge in [0, 0.05) is 0 Å². The molecule has 0 saturated heterocycles. The summed E-state index contributed by atoms with van der Waals surface area (Å²) >= 11 is 0. The highest BCUT2D eigenvalue weighted by molar-refractivity contribution is 7.75.